The first-order valence-corrected chi connectivity index (χ1v) is 7.00. The van der Waals surface area contributed by atoms with Crippen LogP contribution >= 0.6 is 0 Å². The second-order valence-corrected chi connectivity index (χ2v) is 5.30. The van der Waals surface area contributed by atoms with E-state index in [0.29, 0.717) is 0 Å². The van der Waals surface area contributed by atoms with Gasteiger partial charge in [-0.15, -0.1) is 0 Å². The summed E-state index contributed by atoms with van der Waals surface area (Å²) in [5.74, 6) is 0.928. The number of hydrogen-bond donors (Lipinski definition) is 1. The van der Waals surface area contributed by atoms with Gasteiger partial charge in [-0.2, -0.15) is 5.10 Å². The molecule has 2 rings (SSSR count). The maximum atomic E-state index is 5.70. The number of aromatic nitrogens is 2. The molecule has 0 aliphatic rings. The van der Waals surface area contributed by atoms with Crippen molar-refractivity contribution in [2.75, 3.05) is 0 Å². The molecule has 0 bridgehead atoms. The lowest BCUT2D eigenvalue weighted by Crippen LogP contribution is -2.13. The Hall–Kier alpha value is -1.81. The zero-order valence-corrected chi connectivity index (χ0v) is 12.7. The molecule has 0 unspecified atom stereocenters. The van der Waals surface area contributed by atoms with Gasteiger partial charge in [0.05, 0.1) is 12.3 Å². The Kier molecular flexibility index (Phi) is 4.79. The fourth-order valence-corrected chi connectivity index (χ4v) is 2.06. The molecule has 1 aromatic carbocycles. The molecule has 1 N–H and O–H groups in total. The quantitative estimate of drug-likeness (QED) is 0.879. The van der Waals surface area contributed by atoms with E-state index >= 15 is 0 Å². The summed E-state index contributed by atoms with van der Waals surface area (Å²) in [4.78, 5) is 0. The van der Waals surface area contributed by atoms with Crippen LogP contribution in [0.15, 0.2) is 30.5 Å². The molecule has 0 saturated carbocycles. The van der Waals surface area contributed by atoms with Gasteiger partial charge in [-0.05, 0) is 38.5 Å². The van der Waals surface area contributed by atoms with Crippen LogP contribution < -0.4 is 10.1 Å². The molecule has 0 radical (unpaired) electrons. The van der Waals surface area contributed by atoms with Gasteiger partial charge < -0.3 is 10.1 Å². The van der Waals surface area contributed by atoms with Gasteiger partial charge >= 0.3 is 0 Å². The summed E-state index contributed by atoms with van der Waals surface area (Å²) in [5.41, 5.74) is 3.67. The summed E-state index contributed by atoms with van der Waals surface area (Å²) in [6.45, 7) is 7.81. The largest absolute Gasteiger partial charge is 0.491 e. The predicted molar refractivity (Wildman–Crippen MR) is 80.7 cm³/mol. The average molecular weight is 273 g/mol. The predicted octanol–water partition coefficient (Wildman–Crippen LogP) is 2.81. The minimum absolute atomic E-state index is 0.205. The van der Waals surface area contributed by atoms with Crippen LogP contribution in [0.4, 0.5) is 0 Å². The zero-order valence-electron chi connectivity index (χ0n) is 12.7. The van der Waals surface area contributed by atoms with Crippen molar-refractivity contribution in [1.29, 1.82) is 0 Å². The third-order valence-electron chi connectivity index (χ3n) is 3.25. The van der Waals surface area contributed by atoms with Crippen LogP contribution in [0.3, 0.4) is 0 Å². The van der Waals surface area contributed by atoms with Crippen LogP contribution in [0.25, 0.3) is 0 Å². The number of benzene rings is 1. The van der Waals surface area contributed by atoms with E-state index in [0.717, 1.165) is 18.8 Å². The van der Waals surface area contributed by atoms with Crippen molar-refractivity contribution in [1.82, 2.24) is 15.1 Å². The highest BCUT2D eigenvalue weighted by molar-refractivity contribution is 5.28. The summed E-state index contributed by atoms with van der Waals surface area (Å²) in [6, 6.07) is 8.22. The maximum absolute atomic E-state index is 5.70. The maximum Gasteiger partial charge on any atom is 0.120 e. The van der Waals surface area contributed by atoms with Crippen LogP contribution in [0, 0.1) is 6.92 Å². The van der Waals surface area contributed by atoms with E-state index in [1.54, 1.807) is 0 Å². The second-order valence-electron chi connectivity index (χ2n) is 5.30. The molecule has 0 atom stereocenters. The number of nitrogens with one attached hydrogen (secondary N) is 1. The highest BCUT2D eigenvalue weighted by atomic mass is 16.5. The van der Waals surface area contributed by atoms with Gasteiger partial charge in [0.15, 0.2) is 0 Å². The van der Waals surface area contributed by atoms with Crippen LogP contribution in [0.5, 0.6) is 5.75 Å². The lowest BCUT2D eigenvalue weighted by molar-refractivity contribution is 0.242. The van der Waals surface area contributed by atoms with E-state index in [1.165, 1.54) is 16.8 Å². The molecule has 0 aliphatic heterocycles. The molecule has 0 fully saturated rings. The second kappa shape index (κ2) is 6.57. The van der Waals surface area contributed by atoms with E-state index < -0.39 is 0 Å². The van der Waals surface area contributed by atoms with E-state index in [1.807, 2.05) is 43.9 Å². The summed E-state index contributed by atoms with van der Waals surface area (Å²) in [6.07, 6.45) is 2.12. The van der Waals surface area contributed by atoms with Crippen molar-refractivity contribution in [3.8, 4) is 5.75 Å². The van der Waals surface area contributed by atoms with Crippen LogP contribution in [-0.4, -0.2) is 15.9 Å². The summed E-state index contributed by atoms with van der Waals surface area (Å²) >= 11 is 0. The smallest absolute Gasteiger partial charge is 0.120 e. The minimum Gasteiger partial charge on any atom is -0.491 e. The summed E-state index contributed by atoms with van der Waals surface area (Å²) in [7, 11) is 1.96. The Morgan fingerprint density at radius 1 is 1.30 bits per heavy atom. The molecular formula is C16H23N3O. The Balaban J connectivity index is 1.89. The highest BCUT2D eigenvalue weighted by Gasteiger charge is 2.03. The third-order valence-corrected chi connectivity index (χ3v) is 3.25. The van der Waals surface area contributed by atoms with E-state index in [4.69, 9.17) is 4.74 Å². The van der Waals surface area contributed by atoms with Crippen molar-refractivity contribution < 1.29 is 4.74 Å². The average Bonchev–Trinajstić information content (AvgIpc) is 2.70. The Morgan fingerprint density at radius 3 is 2.75 bits per heavy atom. The fourth-order valence-electron chi connectivity index (χ4n) is 2.06. The van der Waals surface area contributed by atoms with Crippen LogP contribution in [0.2, 0.25) is 0 Å². The lowest BCUT2D eigenvalue weighted by Gasteiger charge is -2.11. The summed E-state index contributed by atoms with van der Waals surface area (Å²) in [5, 5.41) is 7.69. The molecule has 20 heavy (non-hydrogen) atoms. The van der Waals surface area contributed by atoms with Gasteiger partial charge in [0.1, 0.15) is 5.75 Å². The normalized spacial score (nSPS) is 11.1. The molecule has 108 valence electrons. The number of nitrogens with zero attached hydrogens (tertiary/aromatic N) is 2. The number of rotatable bonds is 6. The van der Waals surface area contributed by atoms with Gasteiger partial charge in [-0.1, -0.05) is 12.1 Å². The van der Waals surface area contributed by atoms with Gasteiger partial charge in [-0.3, -0.25) is 4.68 Å². The van der Waals surface area contributed by atoms with E-state index in [9.17, 15) is 0 Å². The van der Waals surface area contributed by atoms with Crippen LogP contribution in [-0.2, 0) is 20.1 Å². The van der Waals surface area contributed by atoms with E-state index in [-0.39, 0.29) is 6.10 Å². The Bertz CT molecular complexity index is 561. The van der Waals surface area contributed by atoms with Crippen molar-refractivity contribution in [3.63, 3.8) is 0 Å². The molecule has 0 saturated heterocycles. The number of aryl methyl sites for hydroxylation is 1. The topological polar surface area (TPSA) is 39.1 Å². The zero-order chi connectivity index (χ0) is 14.5. The van der Waals surface area contributed by atoms with Crippen molar-refractivity contribution in [3.05, 3.63) is 47.3 Å². The van der Waals surface area contributed by atoms with Crippen LogP contribution in [0.1, 0.15) is 30.7 Å². The minimum atomic E-state index is 0.205. The number of ether oxygens (including phenoxy) is 1. The molecule has 1 heterocycles. The first-order valence-electron chi connectivity index (χ1n) is 7.00. The lowest BCUT2D eigenvalue weighted by atomic mass is 10.2. The monoisotopic (exact) mass is 273 g/mol. The molecule has 0 spiro atoms. The SMILES string of the molecule is Cc1c(CNCc2cccc(OC(C)C)c2)cnn1C. The van der Waals surface area contributed by atoms with Crippen molar-refractivity contribution in [2.45, 2.75) is 40.0 Å². The van der Waals surface area contributed by atoms with E-state index in [2.05, 4.69) is 29.5 Å². The molecule has 0 amide bonds. The van der Waals surface area contributed by atoms with Crippen molar-refractivity contribution >= 4 is 0 Å². The Labute approximate surface area is 120 Å². The molecular weight excluding hydrogens is 250 g/mol. The molecule has 0 aliphatic carbocycles. The summed E-state index contributed by atoms with van der Waals surface area (Å²) < 4.78 is 7.60. The standard InChI is InChI=1S/C16H23N3O/c1-12(2)20-16-7-5-6-14(8-16)9-17-10-15-11-18-19(4)13(15)3/h5-8,11-12,17H,9-10H2,1-4H3. The third kappa shape index (κ3) is 3.84. The van der Waals surface area contributed by atoms with Gasteiger partial charge in [0.2, 0.25) is 0 Å². The molecule has 4 heteroatoms. The number of hydrogen-bond acceptors (Lipinski definition) is 3. The molecule has 1 aromatic heterocycles. The van der Waals surface area contributed by atoms with Gasteiger partial charge in [0.25, 0.3) is 0 Å². The van der Waals surface area contributed by atoms with Crippen molar-refractivity contribution in [2.24, 2.45) is 7.05 Å². The van der Waals surface area contributed by atoms with Gasteiger partial charge in [-0.25, -0.2) is 0 Å². The Morgan fingerprint density at radius 2 is 2.10 bits per heavy atom. The molecule has 2 aromatic rings. The highest BCUT2D eigenvalue weighted by Crippen LogP contribution is 2.15. The first kappa shape index (κ1) is 14.6. The fraction of sp³-hybridized carbons (Fsp3) is 0.438. The van der Waals surface area contributed by atoms with Gasteiger partial charge in [0, 0.05) is 31.4 Å². The molecule has 4 nitrogen and oxygen atoms in total. The first-order chi connectivity index (χ1) is 9.56.